The van der Waals surface area contributed by atoms with E-state index in [1.807, 2.05) is 0 Å². The van der Waals surface area contributed by atoms with Gasteiger partial charge in [0, 0.05) is 12.8 Å². The largest absolute Gasteiger partial charge is 0.472 e. The van der Waals surface area contributed by atoms with Crippen molar-refractivity contribution < 1.29 is 63.1 Å². The molecule has 0 radical (unpaired) electrons. The van der Waals surface area contributed by atoms with Crippen molar-refractivity contribution in [1.29, 1.82) is 0 Å². The van der Waals surface area contributed by atoms with Crippen molar-refractivity contribution in [3.63, 3.8) is 0 Å². The number of allylic oxidation sites excluding steroid dienone is 4. The summed E-state index contributed by atoms with van der Waals surface area (Å²) in [5, 5.41) is 50.1. The molecular weight excluding hydrogens is 755 g/mol. The molecule has 0 spiro atoms. The van der Waals surface area contributed by atoms with E-state index in [2.05, 4.69) is 38.2 Å². The Hall–Kier alpha value is -1.67. The lowest BCUT2D eigenvalue weighted by Gasteiger charge is -2.41. The summed E-state index contributed by atoms with van der Waals surface area (Å²) >= 11 is 0. The van der Waals surface area contributed by atoms with Gasteiger partial charge >= 0.3 is 19.8 Å². The first-order valence-corrected chi connectivity index (χ1v) is 23.6. The number of phosphoric ester groups is 1. The zero-order valence-corrected chi connectivity index (χ0v) is 36.0. The predicted molar refractivity (Wildman–Crippen MR) is 221 cm³/mol. The van der Waals surface area contributed by atoms with Crippen LogP contribution in [0.25, 0.3) is 0 Å². The Kier molecular flexibility index (Phi) is 31.9. The standard InChI is InChI=1S/C43H79O13P/c1-3-5-7-9-11-13-15-17-18-20-21-23-25-27-29-31-36(44)53-33-35(34-54-57(51,52)56-43-41(49)39(47)38(46)40(48)42(43)50)55-37(45)32-30-28-26-24-22-19-16-14-12-10-8-6-4-2/h13-16,35,38-43,46-50H,3-12,17-34H2,1-2H3,(H,51,52)/b15-13+,16-14+/t35-,38?,39-,40?,41?,42?,43?/m0/s1. The van der Waals surface area contributed by atoms with Gasteiger partial charge in [-0.3, -0.25) is 18.6 Å². The summed E-state index contributed by atoms with van der Waals surface area (Å²) in [5.41, 5.74) is 0. The highest BCUT2D eigenvalue weighted by atomic mass is 31.2. The Morgan fingerprint density at radius 1 is 0.526 bits per heavy atom. The number of rotatable bonds is 36. The summed E-state index contributed by atoms with van der Waals surface area (Å²) in [7, 11) is -5.11. The van der Waals surface area contributed by atoms with Crippen LogP contribution in [0.1, 0.15) is 181 Å². The van der Waals surface area contributed by atoms with Crippen LogP contribution in [0.4, 0.5) is 0 Å². The number of phosphoric acid groups is 1. The monoisotopic (exact) mass is 835 g/mol. The second kappa shape index (κ2) is 34.1. The summed E-state index contributed by atoms with van der Waals surface area (Å²) in [6.45, 7) is 3.25. The van der Waals surface area contributed by atoms with E-state index in [9.17, 15) is 44.6 Å². The second-order valence-electron chi connectivity index (χ2n) is 15.5. The van der Waals surface area contributed by atoms with Crippen LogP contribution in [-0.4, -0.2) is 98.3 Å². The number of aliphatic hydroxyl groups is 5. The maximum absolute atomic E-state index is 12.8. The zero-order chi connectivity index (χ0) is 42.2. The van der Waals surface area contributed by atoms with Crippen molar-refractivity contribution in [2.45, 2.75) is 224 Å². The highest BCUT2D eigenvalue weighted by Crippen LogP contribution is 2.47. The summed E-state index contributed by atoms with van der Waals surface area (Å²) in [6, 6.07) is 0. The number of ether oxygens (including phenoxy) is 2. The molecule has 0 bridgehead atoms. The van der Waals surface area contributed by atoms with Crippen LogP contribution in [0.2, 0.25) is 0 Å². The van der Waals surface area contributed by atoms with Crippen LogP contribution in [0, 0.1) is 0 Å². The maximum Gasteiger partial charge on any atom is 0.472 e. The van der Waals surface area contributed by atoms with E-state index in [-0.39, 0.29) is 12.8 Å². The van der Waals surface area contributed by atoms with E-state index in [4.69, 9.17) is 18.5 Å². The summed E-state index contributed by atoms with van der Waals surface area (Å²) in [6.07, 6.45) is 22.4. The van der Waals surface area contributed by atoms with Gasteiger partial charge in [0.05, 0.1) is 6.61 Å². The van der Waals surface area contributed by atoms with Crippen molar-refractivity contribution in [2.75, 3.05) is 13.2 Å². The van der Waals surface area contributed by atoms with Crippen LogP contribution in [0.15, 0.2) is 24.3 Å². The minimum atomic E-state index is -5.11. The van der Waals surface area contributed by atoms with Gasteiger partial charge in [-0.05, 0) is 64.2 Å². The highest BCUT2D eigenvalue weighted by molar-refractivity contribution is 7.47. The predicted octanol–water partition coefficient (Wildman–Crippen LogP) is 8.06. The fraction of sp³-hybridized carbons (Fsp3) is 0.860. The van der Waals surface area contributed by atoms with Gasteiger partial charge in [-0.1, -0.05) is 128 Å². The molecule has 8 atom stereocenters. The van der Waals surface area contributed by atoms with Crippen molar-refractivity contribution in [3.8, 4) is 0 Å². The molecule has 6 N–H and O–H groups in total. The molecule has 0 aromatic carbocycles. The number of carbonyl (C=O) groups is 2. The Labute approximate surface area is 343 Å². The van der Waals surface area contributed by atoms with Crippen LogP contribution < -0.4 is 0 Å². The Morgan fingerprint density at radius 2 is 0.895 bits per heavy atom. The molecule has 1 saturated carbocycles. The SMILES string of the molecule is CCCCCC/C=C/CCCCCCCCCC(=O)OC[C@@H](COP(=O)(O)OC1C(O)C(O)C(O)[C@H](O)C1O)OC(=O)CCCCCCC/C=C/CCCCCC. The van der Waals surface area contributed by atoms with Gasteiger partial charge in [0.1, 0.15) is 43.2 Å². The quantitative estimate of drug-likeness (QED) is 0.0153. The number of esters is 2. The van der Waals surface area contributed by atoms with Crippen molar-refractivity contribution >= 4 is 19.8 Å². The summed E-state index contributed by atoms with van der Waals surface area (Å²) in [4.78, 5) is 35.6. The molecule has 0 aromatic heterocycles. The van der Waals surface area contributed by atoms with E-state index in [1.54, 1.807) is 0 Å². The molecule has 1 aliphatic rings. The minimum absolute atomic E-state index is 0.0871. The lowest BCUT2D eigenvalue weighted by Crippen LogP contribution is -2.64. The van der Waals surface area contributed by atoms with Crippen molar-refractivity contribution in [2.24, 2.45) is 0 Å². The van der Waals surface area contributed by atoms with Crippen LogP contribution in [-0.2, 0) is 32.7 Å². The van der Waals surface area contributed by atoms with Gasteiger partial charge in [-0.15, -0.1) is 0 Å². The molecule has 1 aliphatic carbocycles. The smallest absolute Gasteiger partial charge is 0.462 e. The fourth-order valence-electron chi connectivity index (χ4n) is 6.63. The first-order chi connectivity index (χ1) is 27.4. The number of unbranched alkanes of at least 4 members (excludes halogenated alkanes) is 20. The topological polar surface area (TPSA) is 210 Å². The van der Waals surface area contributed by atoms with Crippen molar-refractivity contribution in [1.82, 2.24) is 0 Å². The first-order valence-electron chi connectivity index (χ1n) is 22.1. The Morgan fingerprint density at radius 3 is 1.33 bits per heavy atom. The van der Waals surface area contributed by atoms with Gasteiger partial charge in [0.2, 0.25) is 0 Å². The van der Waals surface area contributed by atoms with E-state index < -0.39 is 75.7 Å². The lowest BCUT2D eigenvalue weighted by molar-refractivity contribution is -0.220. The number of hydrogen-bond acceptors (Lipinski definition) is 12. The minimum Gasteiger partial charge on any atom is -0.462 e. The Bertz CT molecular complexity index is 1100. The van der Waals surface area contributed by atoms with Crippen LogP contribution in [0.5, 0.6) is 0 Å². The second-order valence-corrected chi connectivity index (χ2v) is 16.9. The molecule has 0 aromatic rings. The van der Waals surface area contributed by atoms with Gasteiger partial charge in [-0.2, -0.15) is 0 Å². The average molecular weight is 835 g/mol. The third-order valence-corrected chi connectivity index (χ3v) is 11.3. The molecule has 1 rings (SSSR count). The molecule has 14 heteroatoms. The number of hydrogen-bond donors (Lipinski definition) is 6. The fourth-order valence-corrected chi connectivity index (χ4v) is 7.60. The van der Waals surface area contributed by atoms with E-state index in [0.717, 1.165) is 70.6 Å². The molecule has 0 heterocycles. The summed E-state index contributed by atoms with van der Waals surface area (Å²) < 4.78 is 33.4. The molecule has 13 nitrogen and oxygen atoms in total. The third-order valence-electron chi connectivity index (χ3n) is 10.3. The molecule has 1 fully saturated rings. The van der Waals surface area contributed by atoms with E-state index in [0.29, 0.717) is 12.8 Å². The number of carbonyl (C=O) groups excluding carboxylic acids is 2. The first kappa shape index (κ1) is 53.3. The molecule has 57 heavy (non-hydrogen) atoms. The van der Waals surface area contributed by atoms with Crippen LogP contribution >= 0.6 is 7.82 Å². The maximum atomic E-state index is 12.8. The average Bonchev–Trinajstić information content (AvgIpc) is 3.19. The van der Waals surface area contributed by atoms with E-state index in [1.165, 1.54) is 70.6 Å². The molecular formula is C43H79O13P. The third kappa shape index (κ3) is 26.9. The van der Waals surface area contributed by atoms with Crippen LogP contribution in [0.3, 0.4) is 0 Å². The molecule has 0 amide bonds. The lowest BCUT2D eigenvalue weighted by atomic mass is 9.85. The highest BCUT2D eigenvalue weighted by Gasteiger charge is 2.51. The van der Waals surface area contributed by atoms with Gasteiger partial charge in [-0.25, -0.2) is 4.57 Å². The normalized spacial score (nSPS) is 22.9. The van der Waals surface area contributed by atoms with Gasteiger partial charge in [0.25, 0.3) is 0 Å². The Balaban J connectivity index is 2.49. The molecule has 334 valence electrons. The molecule has 6 unspecified atom stereocenters. The summed E-state index contributed by atoms with van der Waals surface area (Å²) in [5.74, 6) is -1.11. The molecule has 0 saturated heterocycles. The van der Waals surface area contributed by atoms with Crippen molar-refractivity contribution in [3.05, 3.63) is 24.3 Å². The number of aliphatic hydroxyl groups excluding tert-OH is 5. The zero-order valence-electron chi connectivity index (χ0n) is 35.1. The molecule has 0 aliphatic heterocycles. The van der Waals surface area contributed by atoms with Gasteiger partial charge < -0.3 is 39.9 Å². The van der Waals surface area contributed by atoms with Gasteiger partial charge in [0.15, 0.2) is 6.10 Å². The van der Waals surface area contributed by atoms with E-state index >= 15 is 0 Å².